The van der Waals surface area contributed by atoms with Crippen LogP contribution >= 0.6 is 0 Å². The fourth-order valence-electron chi connectivity index (χ4n) is 7.03. The minimum Gasteiger partial charge on any atom is -0.394 e. The zero-order chi connectivity index (χ0) is 40.7. The maximum absolute atomic E-state index is 12.4. The third kappa shape index (κ3) is 43.0. The second-order valence-corrected chi connectivity index (χ2v) is 16.1. The molecule has 0 bridgehead atoms. The van der Waals surface area contributed by atoms with Crippen molar-refractivity contribution >= 4 is 5.91 Å². The molecular weight excluding hydrogens is 687 g/mol. The van der Waals surface area contributed by atoms with E-state index >= 15 is 0 Å². The van der Waals surface area contributed by atoms with Gasteiger partial charge in [0.2, 0.25) is 5.91 Å². The van der Waals surface area contributed by atoms with Gasteiger partial charge in [0.15, 0.2) is 0 Å². The number of aliphatic hydroxyl groups is 2. The highest BCUT2D eigenvalue weighted by Gasteiger charge is 2.17. The molecule has 0 fully saturated rings. The Balaban J connectivity index is 3.57. The summed E-state index contributed by atoms with van der Waals surface area (Å²) >= 11 is 0. The summed E-state index contributed by atoms with van der Waals surface area (Å²) in [5, 5.41) is 23.1. The fourth-order valence-corrected chi connectivity index (χ4v) is 7.03. The van der Waals surface area contributed by atoms with Gasteiger partial charge < -0.3 is 15.5 Å². The van der Waals surface area contributed by atoms with E-state index in [4.69, 9.17) is 0 Å². The van der Waals surface area contributed by atoms with Gasteiger partial charge in [0.25, 0.3) is 0 Å². The van der Waals surface area contributed by atoms with Crippen molar-refractivity contribution in [1.29, 1.82) is 0 Å². The zero-order valence-corrected chi connectivity index (χ0v) is 37.1. The van der Waals surface area contributed by atoms with Crippen LogP contribution in [0.4, 0.5) is 0 Å². The van der Waals surface area contributed by atoms with Crippen molar-refractivity contribution in [2.24, 2.45) is 0 Å². The van der Waals surface area contributed by atoms with E-state index in [1.54, 1.807) is 6.08 Å². The number of rotatable bonds is 43. The maximum Gasteiger partial charge on any atom is 0.220 e. The first-order chi connectivity index (χ1) is 27.7. The van der Waals surface area contributed by atoms with Gasteiger partial charge in [0.1, 0.15) is 0 Å². The molecule has 324 valence electrons. The van der Waals surface area contributed by atoms with E-state index in [0.717, 1.165) is 57.8 Å². The molecule has 0 aromatic heterocycles. The Kier molecular flexibility index (Phi) is 45.4. The summed E-state index contributed by atoms with van der Waals surface area (Å²) in [4.78, 5) is 12.4. The number of amides is 1. The maximum atomic E-state index is 12.4. The van der Waals surface area contributed by atoms with Gasteiger partial charge in [-0.25, -0.2) is 0 Å². The lowest BCUT2D eigenvalue weighted by Crippen LogP contribution is -2.45. The Labute approximate surface area is 349 Å². The number of aliphatic hydroxyl groups excluding tert-OH is 2. The molecule has 0 aliphatic rings. The normalized spacial score (nSPS) is 13.6. The molecule has 0 radical (unpaired) electrons. The molecule has 0 spiro atoms. The molecule has 4 heteroatoms. The van der Waals surface area contributed by atoms with Crippen molar-refractivity contribution in [2.45, 2.75) is 244 Å². The van der Waals surface area contributed by atoms with Crippen LogP contribution in [0.1, 0.15) is 232 Å². The summed E-state index contributed by atoms with van der Waals surface area (Å²) in [6.45, 7) is 4.20. The average molecular weight is 780 g/mol. The Hall–Kier alpha value is -2.17. The van der Waals surface area contributed by atoms with Gasteiger partial charge in [0.05, 0.1) is 18.8 Å². The van der Waals surface area contributed by atoms with Crippen LogP contribution in [0.2, 0.25) is 0 Å². The minimum absolute atomic E-state index is 0.0692. The van der Waals surface area contributed by atoms with Crippen molar-refractivity contribution in [1.82, 2.24) is 5.32 Å². The zero-order valence-electron chi connectivity index (χ0n) is 37.1. The van der Waals surface area contributed by atoms with Crippen LogP contribution in [0.3, 0.4) is 0 Å². The van der Waals surface area contributed by atoms with E-state index in [9.17, 15) is 15.0 Å². The first-order valence-electron chi connectivity index (χ1n) is 24.2. The Morgan fingerprint density at radius 3 is 1.18 bits per heavy atom. The molecule has 1 amide bonds. The second-order valence-electron chi connectivity index (χ2n) is 16.1. The first kappa shape index (κ1) is 53.8. The SMILES string of the molecule is CC/C=C\C/C=C\C/C=C\C/C=C\C/C=C\CCCCCCCCCCCCCC(=O)NC(CO)C(O)/C=C/CCCCCCCCCCCCCCCCC. The lowest BCUT2D eigenvalue weighted by Gasteiger charge is -2.20. The van der Waals surface area contributed by atoms with E-state index in [-0.39, 0.29) is 12.5 Å². The molecule has 0 saturated carbocycles. The third-order valence-electron chi connectivity index (χ3n) is 10.7. The molecule has 2 unspecified atom stereocenters. The summed E-state index contributed by atoms with van der Waals surface area (Å²) in [6.07, 6.45) is 67.3. The van der Waals surface area contributed by atoms with Gasteiger partial charge in [-0.05, 0) is 64.2 Å². The number of unbranched alkanes of at least 4 members (excludes halogenated alkanes) is 26. The number of nitrogens with one attached hydrogen (secondary N) is 1. The highest BCUT2D eigenvalue weighted by atomic mass is 16.3. The van der Waals surface area contributed by atoms with Gasteiger partial charge in [-0.15, -0.1) is 0 Å². The van der Waals surface area contributed by atoms with Crippen molar-refractivity contribution < 1.29 is 15.0 Å². The number of carbonyl (C=O) groups is 1. The number of hydrogen-bond acceptors (Lipinski definition) is 3. The molecule has 0 saturated heterocycles. The van der Waals surface area contributed by atoms with Crippen LogP contribution in [0.15, 0.2) is 72.9 Å². The first-order valence-corrected chi connectivity index (χ1v) is 24.2. The van der Waals surface area contributed by atoms with Gasteiger partial charge in [-0.2, -0.15) is 0 Å². The molecule has 4 nitrogen and oxygen atoms in total. The average Bonchev–Trinajstić information content (AvgIpc) is 3.20. The van der Waals surface area contributed by atoms with Gasteiger partial charge >= 0.3 is 0 Å². The molecule has 0 aliphatic heterocycles. The summed E-state index contributed by atoms with van der Waals surface area (Å²) < 4.78 is 0. The van der Waals surface area contributed by atoms with E-state index < -0.39 is 12.1 Å². The fraction of sp³-hybridized carbons (Fsp3) is 0.750. The Morgan fingerprint density at radius 1 is 0.446 bits per heavy atom. The van der Waals surface area contributed by atoms with Crippen LogP contribution in [-0.4, -0.2) is 34.9 Å². The number of allylic oxidation sites excluding steroid dienone is 11. The van der Waals surface area contributed by atoms with E-state index in [1.807, 2.05) is 6.08 Å². The molecule has 0 rings (SSSR count). The Morgan fingerprint density at radius 2 is 0.786 bits per heavy atom. The molecule has 0 aromatic carbocycles. The lowest BCUT2D eigenvalue weighted by atomic mass is 10.0. The topological polar surface area (TPSA) is 69.6 Å². The second kappa shape index (κ2) is 47.2. The van der Waals surface area contributed by atoms with Gasteiger partial charge in [-0.1, -0.05) is 234 Å². The van der Waals surface area contributed by atoms with Crippen LogP contribution in [-0.2, 0) is 4.79 Å². The Bertz CT molecular complexity index is 977. The van der Waals surface area contributed by atoms with Gasteiger partial charge in [-0.3, -0.25) is 4.79 Å². The van der Waals surface area contributed by atoms with Crippen molar-refractivity contribution in [3.05, 3.63) is 72.9 Å². The van der Waals surface area contributed by atoms with Crippen LogP contribution in [0.5, 0.6) is 0 Å². The predicted molar refractivity (Wildman–Crippen MR) is 248 cm³/mol. The largest absolute Gasteiger partial charge is 0.394 e. The summed E-state index contributed by atoms with van der Waals surface area (Å²) in [7, 11) is 0. The predicted octanol–water partition coefficient (Wildman–Crippen LogP) is 15.5. The standard InChI is InChI=1S/C52H93NO3/c1-3-5-7-9-11-13-15-17-19-21-22-23-24-25-26-27-28-29-30-32-34-36-38-40-42-44-46-48-52(56)53-50(49-54)51(55)47-45-43-41-39-37-35-33-31-20-18-16-14-12-10-8-6-4-2/h5,7,11,13,17,19,22-23,25-26,45,47,50-51,54-55H,3-4,6,8-10,12,14-16,18,20-21,24,27-44,46,48-49H2,1-2H3,(H,53,56)/b7-5-,13-11-,19-17-,23-22-,26-25-,47-45+. The summed E-state index contributed by atoms with van der Waals surface area (Å²) in [6, 6.07) is -0.627. The molecule has 56 heavy (non-hydrogen) atoms. The molecule has 0 aliphatic carbocycles. The number of hydrogen-bond donors (Lipinski definition) is 3. The molecule has 0 heterocycles. The van der Waals surface area contributed by atoms with Crippen molar-refractivity contribution in [3.8, 4) is 0 Å². The highest BCUT2D eigenvalue weighted by molar-refractivity contribution is 5.76. The van der Waals surface area contributed by atoms with Crippen LogP contribution < -0.4 is 5.32 Å². The van der Waals surface area contributed by atoms with Crippen molar-refractivity contribution in [3.63, 3.8) is 0 Å². The number of carbonyl (C=O) groups excluding carboxylic acids is 1. The summed E-state index contributed by atoms with van der Waals surface area (Å²) in [5.41, 5.74) is 0. The van der Waals surface area contributed by atoms with Crippen LogP contribution in [0, 0.1) is 0 Å². The highest BCUT2D eigenvalue weighted by Crippen LogP contribution is 2.15. The molecular formula is C52H93NO3. The van der Waals surface area contributed by atoms with E-state index in [1.165, 1.54) is 154 Å². The smallest absolute Gasteiger partial charge is 0.220 e. The van der Waals surface area contributed by atoms with Crippen molar-refractivity contribution in [2.75, 3.05) is 6.61 Å². The molecule has 0 aromatic rings. The molecule has 2 atom stereocenters. The lowest BCUT2D eigenvalue weighted by molar-refractivity contribution is -0.123. The van der Waals surface area contributed by atoms with Gasteiger partial charge in [0, 0.05) is 6.42 Å². The summed E-state index contributed by atoms with van der Waals surface area (Å²) in [5.74, 6) is -0.0692. The quantitative estimate of drug-likeness (QED) is 0.0426. The van der Waals surface area contributed by atoms with Crippen LogP contribution in [0.25, 0.3) is 0 Å². The van der Waals surface area contributed by atoms with E-state index in [2.05, 4.69) is 79.9 Å². The monoisotopic (exact) mass is 780 g/mol. The minimum atomic E-state index is -0.843. The third-order valence-corrected chi connectivity index (χ3v) is 10.7. The molecule has 3 N–H and O–H groups in total. The van der Waals surface area contributed by atoms with E-state index in [0.29, 0.717) is 6.42 Å².